The zero-order chi connectivity index (χ0) is 17.4. The number of H-pyrrole nitrogens is 1. The lowest BCUT2D eigenvalue weighted by Crippen LogP contribution is -2.39. The Morgan fingerprint density at radius 1 is 1.20 bits per heavy atom. The van der Waals surface area contributed by atoms with E-state index < -0.39 is 9.84 Å². The number of hydrogen-bond donors (Lipinski definition) is 1. The Bertz CT molecular complexity index is 999. The highest BCUT2D eigenvalue weighted by Gasteiger charge is 2.24. The van der Waals surface area contributed by atoms with Crippen LogP contribution in [0, 0.1) is 0 Å². The van der Waals surface area contributed by atoms with Crippen molar-refractivity contribution in [2.24, 2.45) is 0 Å². The Balaban J connectivity index is 1.63. The van der Waals surface area contributed by atoms with E-state index in [1.807, 2.05) is 18.2 Å². The van der Waals surface area contributed by atoms with E-state index in [4.69, 9.17) is 4.74 Å². The molecule has 1 atom stereocenters. The first-order valence-electron chi connectivity index (χ1n) is 8.12. The highest BCUT2D eigenvalue weighted by Crippen LogP contribution is 2.26. The van der Waals surface area contributed by atoms with Crippen LogP contribution in [0.2, 0.25) is 0 Å². The van der Waals surface area contributed by atoms with Crippen molar-refractivity contribution in [3.8, 4) is 0 Å². The van der Waals surface area contributed by atoms with Gasteiger partial charge in [0, 0.05) is 12.8 Å². The summed E-state index contributed by atoms with van der Waals surface area (Å²) < 4.78 is 29.3. The number of hydrogen-bond acceptors (Lipinski definition) is 5. The van der Waals surface area contributed by atoms with Gasteiger partial charge in [-0.05, 0) is 23.8 Å². The van der Waals surface area contributed by atoms with Crippen LogP contribution in [0.15, 0.2) is 53.4 Å². The number of nitrogens with zero attached hydrogens (tertiary/aromatic N) is 2. The van der Waals surface area contributed by atoms with Gasteiger partial charge in [0.15, 0.2) is 9.84 Å². The van der Waals surface area contributed by atoms with Crippen molar-refractivity contribution in [1.82, 2.24) is 9.97 Å². The minimum atomic E-state index is -3.24. The van der Waals surface area contributed by atoms with E-state index in [9.17, 15) is 8.42 Å². The Labute approximate surface area is 146 Å². The van der Waals surface area contributed by atoms with Gasteiger partial charge < -0.3 is 14.6 Å². The molecular formula is C18H19N3O3S. The molecule has 0 amide bonds. The van der Waals surface area contributed by atoms with Gasteiger partial charge in [-0.3, -0.25) is 0 Å². The monoisotopic (exact) mass is 357 g/mol. The van der Waals surface area contributed by atoms with Gasteiger partial charge in [-0.15, -0.1) is 0 Å². The maximum Gasteiger partial charge on any atom is 0.204 e. The first-order chi connectivity index (χ1) is 12.0. The molecule has 0 aliphatic carbocycles. The summed E-state index contributed by atoms with van der Waals surface area (Å²) in [6, 6.07) is 15.1. The summed E-state index contributed by atoms with van der Waals surface area (Å²) in [7, 11) is -3.24. The molecule has 0 spiro atoms. The maximum atomic E-state index is 11.7. The van der Waals surface area contributed by atoms with Crippen LogP contribution in [0.1, 0.15) is 11.7 Å². The number of aromatic nitrogens is 2. The quantitative estimate of drug-likeness (QED) is 0.780. The van der Waals surface area contributed by atoms with Gasteiger partial charge in [0.05, 0.1) is 29.1 Å². The average Bonchev–Trinajstić information content (AvgIpc) is 3.05. The van der Waals surface area contributed by atoms with Crippen molar-refractivity contribution < 1.29 is 13.2 Å². The Morgan fingerprint density at radius 3 is 2.76 bits per heavy atom. The molecule has 1 aliphatic rings. The molecule has 1 aliphatic heterocycles. The van der Waals surface area contributed by atoms with E-state index in [0.29, 0.717) is 18.0 Å². The normalized spacial score (nSPS) is 18.6. The van der Waals surface area contributed by atoms with Crippen molar-refractivity contribution in [2.75, 3.05) is 30.9 Å². The van der Waals surface area contributed by atoms with E-state index in [2.05, 4.69) is 27.0 Å². The van der Waals surface area contributed by atoms with Crippen molar-refractivity contribution in [3.05, 3.63) is 54.1 Å². The van der Waals surface area contributed by atoms with Gasteiger partial charge >= 0.3 is 0 Å². The van der Waals surface area contributed by atoms with Gasteiger partial charge in [-0.1, -0.05) is 30.3 Å². The maximum absolute atomic E-state index is 11.7. The summed E-state index contributed by atoms with van der Waals surface area (Å²) in [6.07, 6.45) is 1.20. The smallest absolute Gasteiger partial charge is 0.204 e. The number of ether oxygens (including phenoxy) is 1. The number of fused-ring (bicyclic) bond motifs is 1. The molecule has 1 saturated heterocycles. The molecule has 4 rings (SSSR count). The van der Waals surface area contributed by atoms with Gasteiger partial charge in [-0.25, -0.2) is 13.4 Å². The van der Waals surface area contributed by atoms with Crippen LogP contribution < -0.4 is 4.90 Å². The minimum absolute atomic E-state index is 0.00487. The molecule has 7 heteroatoms. The molecule has 1 aromatic heterocycles. The molecule has 0 bridgehead atoms. The first-order valence-corrected chi connectivity index (χ1v) is 10.0. The van der Waals surface area contributed by atoms with Crippen molar-refractivity contribution in [1.29, 1.82) is 0 Å². The highest BCUT2D eigenvalue weighted by molar-refractivity contribution is 7.90. The van der Waals surface area contributed by atoms with Crippen LogP contribution in [0.4, 0.5) is 5.95 Å². The zero-order valence-corrected chi connectivity index (χ0v) is 14.7. The Morgan fingerprint density at radius 2 is 2.00 bits per heavy atom. The van der Waals surface area contributed by atoms with E-state index >= 15 is 0 Å². The second kappa shape index (κ2) is 6.16. The van der Waals surface area contributed by atoms with E-state index in [1.165, 1.54) is 6.26 Å². The van der Waals surface area contributed by atoms with E-state index in [-0.39, 0.29) is 6.10 Å². The minimum Gasteiger partial charge on any atom is -0.370 e. The number of nitrogens with one attached hydrogen (secondary N) is 1. The molecule has 130 valence electrons. The van der Waals surface area contributed by atoms with E-state index in [0.717, 1.165) is 29.1 Å². The van der Waals surface area contributed by atoms with Crippen LogP contribution in [0.5, 0.6) is 0 Å². The van der Waals surface area contributed by atoms with Crippen LogP contribution in [-0.2, 0) is 14.6 Å². The van der Waals surface area contributed by atoms with Gasteiger partial charge in [0.25, 0.3) is 0 Å². The fraction of sp³-hybridized carbons (Fsp3) is 0.278. The summed E-state index contributed by atoms with van der Waals surface area (Å²) in [4.78, 5) is 10.3. The third-order valence-electron chi connectivity index (χ3n) is 4.41. The summed E-state index contributed by atoms with van der Waals surface area (Å²) in [5.41, 5.74) is 2.62. The largest absolute Gasteiger partial charge is 0.370 e. The summed E-state index contributed by atoms with van der Waals surface area (Å²) in [6.45, 7) is 2.05. The number of aromatic amines is 1. The van der Waals surface area contributed by atoms with Gasteiger partial charge in [0.2, 0.25) is 5.95 Å². The molecule has 2 heterocycles. The molecule has 1 unspecified atom stereocenters. The number of rotatable bonds is 3. The second-order valence-electron chi connectivity index (χ2n) is 6.23. The lowest BCUT2D eigenvalue weighted by Gasteiger charge is -2.32. The SMILES string of the molecule is CS(=O)(=O)c1ccc2nc(N3CCOC(c4ccccc4)C3)[nH]c2c1. The van der Waals surface area contributed by atoms with Crippen LogP contribution >= 0.6 is 0 Å². The van der Waals surface area contributed by atoms with Crippen molar-refractivity contribution in [2.45, 2.75) is 11.0 Å². The molecule has 0 saturated carbocycles. The first kappa shape index (κ1) is 16.1. The summed E-state index contributed by atoms with van der Waals surface area (Å²) in [5.74, 6) is 0.741. The molecule has 3 aromatic rings. The second-order valence-corrected chi connectivity index (χ2v) is 8.24. The third-order valence-corrected chi connectivity index (χ3v) is 5.52. The summed E-state index contributed by atoms with van der Waals surface area (Å²) in [5, 5.41) is 0. The fourth-order valence-corrected chi connectivity index (χ4v) is 3.71. The number of anilines is 1. The van der Waals surface area contributed by atoms with Gasteiger partial charge in [0.1, 0.15) is 6.10 Å². The molecule has 0 radical (unpaired) electrons. The lowest BCUT2D eigenvalue weighted by molar-refractivity contribution is 0.0393. The van der Waals surface area contributed by atoms with Crippen LogP contribution in [0.3, 0.4) is 0 Å². The standard InChI is InChI=1S/C18H19N3O3S/c1-25(22,23)14-7-8-15-16(11-14)20-18(19-15)21-9-10-24-17(12-21)13-5-3-2-4-6-13/h2-8,11,17H,9-10,12H2,1H3,(H,19,20). The van der Waals surface area contributed by atoms with Crippen LogP contribution in [0.25, 0.3) is 11.0 Å². The fourth-order valence-electron chi connectivity index (χ4n) is 3.07. The predicted molar refractivity (Wildman–Crippen MR) is 96.6 cm³/mol. The van der Waals surface area contributed by atoms with Crippen molar-refractivity contribution in [3.63, 3.8) is 0 Å². The molecule has 6 nitrogen and oxygen atoms in total. The van der Waals surface area contributed by atoms with Crippen LogP contribution in [-0.4, -0.2) is 44.3 Å². The predicted octanol–water partition coefficient (Wildman–Crippen LogP) is 2.54. The summed E-state index contributed by atoms with van der Waals surface area (Å²) >= 11 is 0. The molecular weight excluding hydrogens is 338 g/mol. The number of morpholine rings is 1. The van der Waals surface area contributed by atoms with Crippen molar-refractivity contribution >= 4 is 26.8 Å². The number of imidazole rings is 1. The highest BCUT2D eigenvalue weighted by atomic mass is 32.2. The number of sulfone groups is 1. The topological polar surface area (TPSA) is 75.3 Å². The molecule has 1 N–H and O–H groups in total. The third kappa shape index (κ3) is 3.25. The Kier molecular flexibility index (Phi) is 3.97. The van der Waals surface area contributed by atoms with Gasteiger partial charge in [-0.2, -0.15) is 0 Å². The van der Waals surface area contributed by atoms with E-state index in [1.54, 1.807) is 18.2 Å². The molecule has 25 heavy (non-hydrogen) atoms. The zero-order valence-electron chi connectivity index (χ0n) is 13.8. The number of benzene rings is 2. The molecule has 2 aromatic carbocycles. The Hall–Kier alpha value is -2.38. The average molecular weight is 357 g/mol. The molecule has 1 fully saturated rings. The lowest BCUT2D eigenvalue weighted by atomic mass is 10.1.